The maximum Gasteiger partial charge on any atom is 0.0375 e. The summed E-state index contributed by atoms with van der Waals surface area (Å²) >= 11 is 0. The van der Waals surface area contributed by atoms with Crippen LogP contribution in [-0.2, 0) is 0 Å². The molecule has 0 amide bonds. The highest BCUT2D eigenvalue weighted by atomic mass is 14.9. The van der Waals surface area contributed by atoms with Crippen molar-refractivity contribution in [2.24, 2.45) is 5.92 Å². The van der Waals surface area contributed by atoms with Crippen LogP contribution in [0.5, 0.6) is 0 Å². The highest BCUT2D eigenvalue weighted by Crippen LogP contribution is 2.52. The molecule has 1 N–H and O–H groups in total. The smallest absolute Gasteiger partial charge is 0.0375 e. The Balaban J connectivity index is 2.14. The first-order chi connectivity index (χ1) is 5.45. The summed E-state index contributed by atoms with van der Waals surface area (Å²) in [6, 6.07) is 8.69. The van der Waals surface area contributed by atoms with E-state index in [1.54, 1.807) is 5.56 Å². The van der Waals surface area contributed by atoms with Crippen molar-refractivity contribution >= 4 is 5.69 Å². The minimum absolute atomic E-state index is 0.896. The van der Waals surface area contributed by atoms with Crippen molar-refractivity contribution in [3.05, 3.63) is 29.8 Å². The number of anilines is 1. The zero-order chi connectivity index (χ0) is 7.26. The van der Waals surface area contributed by atoms with Crippen LogP contribution in [0.1, 0.15) is 17.9 Å². The molecule has 1 aliphatic carbocycles. The van der Waals surface area contributed by atoms with Crippen LogP contribution in [0.3, 0.4) is 0 Å². The van der Waals surface area contributed by atoms with Gasteiger partial charge in [0.25, 0.3) is 0 Å². The second-order valence-electron chi connectivity index (χ2n) is 3.57. The molecule has 1 heteroatoms. The van der Waals surface area contributed by atoms with E-state index in [9.17, 15) is 0 Å². The molecular weight excluding hydrogens is 134 g/mol. The Labute approximate surface area is 66.4 Å². The minimum atomic E-state index is 0.896. The summed E-state index contributed by atoms with van der Waals surface area (Å²) in [7, 11) is 0. The lowest BCUT2D eigenvalue weighted by Gasteiger charge is -2.16. The summed E-state index contributed by atoms with van der Waals surface area (Å²) in [6.07, 6.45) is 1.41. The molecule has 2 aliphatic rings. The van der Waals surface area contributed by atoms with Crippen LogP contribution >= 0.6 is 0 Å². The van der Waals surface area contributed by atoms with Crippen molar-refractivity contribution in [3.63, 3.8) is 0 Å². The molecule has 0 spiro atoms. The van der Waals surface area contributed by atoms with Gasteiger partial charge in [-0.2, -0.15) is 0 Å². The van der Waals surface area contributed by atoms with Gasteiger partial charge in [-0.3, -0.25) is 0 Å². The SMILES string of the molecule is c1ccc2c(c1)NC[C@@H]1C[C@H]21. The van der Waals surface area contributed by atoms with E-state index in [1.807, 2.05) is 0 Å². The Kier molecular flexibility index (Phi) is 0.916. The molecule has 1 heterocycles. The highest BCUT2D eigenvalue weighted by molar-refractivity contribution is 5.57. The van der Waals surface area contributed by atoms with Gasteiger partial charge in [-0.25, -0.2) is 0 Å². The summed E-state index contributed by atoms with van der Waals surface area (Å²) in [6.45, 7) is 1.20. The summed E-state index contributed by atoms with van der Waals surface area (Å²) in [5.74, 6) is 1.84. The monoisotopic (exact) mass is 145 g/mol. The molecule has 0 aromatic heterocycles. The highest BCUT2D eigenvalue weighted by Gasteiger charge is 2.41. The standard InChI is InChI=1S/C10H11N/c1-2-4-10-8(3-1)9-5-7(9)6-11-10/h1-4,7,9,11H,5-6H2/t7-,9-/m0/s1. The predicted octanol–water partition coefficient (Wildman–Crippen LogP) is 2.22. The summed E-state index contributed by atoms with van der Waals surface area (Å²) < 4.78 is 0. The largest absolute Gasteiger partial charge is 0.385 e. The number of hydrogen-bond donors (Lipinski definition) is 1. The number of rotatable bonds is 0. The molecule has 2 atom stereocenters. The fourth-order valence-electron chi connectivity index (χ4n) is 2.08. The van der Waals surface area contributed by atoms with E-state index in [1.165, 1.54) is 18.7 Å². The number of hydrogen-bond acceptors (Lipinski definition) is 1. The van der Waals surface area contributed by atoms with Gasteiger partial charge >= 0.3 is 0 Å². The number of benzene rings is 1. The number of para-hydroxylation sites is 1. The van der Waals surface area contributed by atoms with Gasteiger partial charge in [0, 0.05) is 12.2 Å². The zero-order valence-electron chi connectivity index (χ0n) is 6.38. The molecule has 0 bridgehead atoms. The van der Waals surface area contributed by atoms with Crippen LogP contribution in [0.2, 0.25) is 0 Å². The quantitative estimate of drug-likeness (QED) is 0.590. The molecule has 1 aliphatic heterocycles. The molecular formula is C10H11N. The van der Waals surface area contributed by atoms with Crippen LogP contribution < -0.4 is 5.32 Å². The molecule has 1 nitrogen and oxygen atoms in total. The van der Waals surface area contributed by atoms with Gasteiger partial charge in [-0.05, 0) is 29.9 Å². The van der Waals surface area contributed by atoms with Crippen LogP contribution in [0.15, 0.2) is 24.3 Å². The zero-order valence-corrected chi connectivity index (χ0v) is 6.38. The van der Waals surface area contributed by atoms with Gasteiger partial charge in [0.15, 0.2) is 0 Å². The van der Waals surface area contributed by atoms with Gasteiger partial charge in [0.1, 0.15) is 0 Å². The average Bonchev–Trinajstić information content (AvgIpc) is 2.83. The van der Waals surface area contributed by atoms with E-state index in [-0.39, 0.29) is 0 Å². The van der Waals surface area contributed by atoms with Crippen molar-refractivity contribution in [2.45, 2.75) is 12.3 Å². The van der Waals surface area contributed by atoms with Crippen molar-refractivity contribution in [2.75, 3.05) is 11.9 Å². The maximum atomic E-state index is 3.45. The number of fused-ring (bicyclic) bond motifs is 3. The lowest BCUT2D eigenvalue weighted by atomic mass is 10.0. The second kappa shape index (κ2) is 1.79. The summed E-state index contributed by atoms with van der Waals surface area (Å²) in [5.41, 5.74) is 2.91. The van der Waals surface area contributed by atoms with E-state index < -0.39 is 0 Å². The van der Waals surface area contributed by atoms with Crippen molar-refractivity contribution in [1.82, 2.24) is 0 Å². The number of nitrogens with one attached hydrogen (secondary N) is 1. The fraction of sp³-hybridized carbons (Fsp3) is 0.400. The molecule has 0 unspecified atom stereocenters. The topological polar surface area (TPSA) is 12.0 Å². The van der Waals surface area contributed by atoms with Crippen LogP contribution in [0, 0.1) is 5.92 Å². The first kappa shape index (κ1) is 5.64. The second-order valence-corrected chi connectivity index (χ2v) is 3.57. The normalized spacial score (nSPS) is 31.6. The molecule has 3 rings (SSSR count). The van der Waals surface area contributed by atoms with Gasteiger partial charge in [0.2, 0.25) is 0 Å². The Morgan fingerprint density at radius 2 is 2.18 bits per heavy atom. The van der Waals surface area contributed by atoms with Crippen LogP contribution in [0.25, 0.3) is 0 Å². The third kappa shape index (κ3) is 0.710. The fourth-order valence-corrected chi connectivity index (χ4v) is 2.08. The van der Waals surface area contributed by atoms with Crippen molar-refractivity contribution in [3.8, 4) is 0 Å². The van der Waals surface area contributed by atoms with Gasteiger partial charge < -0.3 is 5.32 Å². The Bertz CT molecular complexity index is 293. The van der Waals surface area contributed by atoms with E-state index in [0.29, 0.717) is 0 Å². The van der Waals surface area contributed by atoms with Gasteiger partial charge in [-0.15, -0.1) is 0 Å². The van der Waals surface area contributed by atoms with Crippen LogP contribution in [0.4, 0.5) is 5.69 Å². The van der Waals surface area contributed by atoms with E-state index in [0.717, 1.165) is 11.8 Å². The lowest BCUT2D eigenvalue weighted by molar-refractivity contribution is 0.817. The van der Waals surface area contributed by atoms with Crippen LogP contribution in [-0.4, -0.2) is 6.54 Å². The molecule has 1 fully saturated rings. The van der Waals surface area contributed by atoms with Crippen molar-refractivity contribution in [1.29, 1.82) is 0 Å². The molecule has 1 saturated carbocycles. The molecule has 11 heavy (non-hydrogen) atoms. The van der Waals surface area contributed by atoms with Gasteiger partial charge in [0.05, 0.1) is 0 Å². The summed E-state index contributed by atoms with van der Waals surface area (Å²) in [5, 5.41) is 3.45. The third-order valence-electron chi connectivity index (χ3n) is 2.84. The first-order valence-electron chi connectivity index (χ1n) is 4.28. The first-order valence-corrected chi connectivity index (χ1v) is 4.28. The molecule has 0 radical (unpaired) electrons. The average molecular weight is 145 g/mol. The predicted molar refractivity (Wildman–Crippen MR) is 45.8 cm³/mol. The Morgan fingerprint density at radius 3 is 3.18 bits per heavy atom. The summed E-state index contributed by atoms with van der Waals surface area (Å²) in [4.78, 5) is 0. The molecule has 0 saturated heterocycles. The van der Waals surface area contributed by atoms with E-state index in [2.05, 4.69) is 29.6 Å². The molecule has 56 valence electrons. The third-order valence-corrected chi connectivity index (χ3v) is 2.84. The maximum absolute atomic E-state index is 3.45. The van der Waals surface area contributed by atoms with Crippen molar-refractivity contribution < 1.29 is 0 Å². The van der Waals surface area contributed by atoms with Gasteiger partial charge in [-0.1, -0.05) is 18.2 Å². The lowest BCUT2D eigenvalue weighted by Crippen LogP contribution is -2.11. The molecule has 1 aromatic carbocycles. The Morgan fingerprint density at radius 1 is 1.27 bits per heavy atom. The van der Waals surface area contributed by atoms with E-state index in [4.69, 9.17) is 0 Å². The molecule has 1 aromatic rings. The Hall–Kier alpha value is -0.980. The van der Waals surface area contributed by atoms with E-state index >= 15 is 0 Å². The minimum Gasteiger partial charge on any atom is -0.385 e.